The first-order chi connectivity index (χ1) is 7.95. The van der Waals surface area contributed by atoms with Crippen LogP contribution in [0.1, 0.15) is 6.42 Å². The second kappa shape index (κ2) is 6.03. The lowest BCUT2D eigenvalue weighted by Gasteiger charge is -2.03. The minimum atomic E-state index is -3.90. The first-order valence-corrected chi connectivity index (χ1v) is 6.44. The van der Waals surface area contributed by atoms with Crippen LogP contribution in [0.25, 0.3) is 0 Å². The maximum absolute atomic E-state index is 11.9. The average molecular weight is 268 g/mol. The molecule has 0 bridgehead atoms. The van der Waals surface area contributed by atoms with E-state index >= 15 is 0 Å². The first kappa shape index (κ1) is 14.0. The van der Waals surface area contributed by atoms with Crippen LogP contribution < -0.4 is 10.5 Å². The van der Waals surface area contributed by atoms with Gasteiger partial charge in [-0.25, -0.2) is 21.9 Å². The fourth-order valence-electron chi connectivity index (χ4n) is 1.11. The number of hydrogen-bond donors (Lipinski definition) is 2. The molecule has 0 aliphatic heterocycles. The van der Waals surface area contributed by atoms with Gasteiger partial charge >= 0.3 is 0 Å². The molecule has 0 radical (unpaired) electrons. The molecule has 0 spiro atoms. The third-order valence-electron chi connectivity index (χ3n) is 1.94. The average Bonchev–Trinajstić information content (AvgIpc) is 2.73. The summed E-state index contributed by atoms with van der Waals surface area (Å²) in [6.45, 7) is 0.0444. The number of halogens is 2. The van der Waals surface area contributed by atoms with Crippen LogP contribution in [0.15, 0.2) is 17.3 Å². The van der Waals surface area contributed by atoms with Crippen molar-refractivity contribution in [2.24, 2.45) is 5.73 Å². The van der Waals surface area contributed by atoms with Gasteiger partial charge in [-0.05, 0) is 13.0 Å². The van der Waals surface area contributed by atoms with Crippen LogP contribution in [0.3, 0.4) is 0 Å². The highest BCUT2D eigenvalue weighted by molar-refractivity contribution is 7.89. The quantitative estimate of drug-likeness (QED) is 0.715. The molecule has 1 rings (SSSR count). The summed E-state index contributed by atoms with van der Waals surface area (Å²) in [6.07, 6.45) is 0.330. The number of rotatable bonds is 7. The highest BCUT2D eigenvalue weighted by Crippen LogP contribution is 2.07. The van der Waals surface area contributed by atoms with Gasteiger partial charge in [-0.1, -0.05) is 0 Å². The molecule has 9 heteroatoms. The Balaban J connectivity index is 2.68. The van der Waals surface area contributed by atoms with E-state index in [-0.39, 0.29) is 4.90 Å². The van der Waals surface area contributed by atoms with Crippen LogP contribution in [0.2, 0.25) is 0 Å². The predicted molar refractivity (Wildman–Crippen MR) is 57.1 cm³/mol. The van der Waals surface area contributed by atoms with Gasteiger partial charge in [0.05, 0.1) is 12.7 Å². The predicted octanol–water partition coefficient (Wildman–Crippen LogP) is -0.225. The van der Waals surface area contributed by atoms with Crippen molar-refractivity contribution < 1.29 is 17.2 Å². The number of nitrogens with zero attached hydrogens (tertiary/aromatic N) is 2. The van der Waals surface area contributed by atoms with Crippen LogP contribution >= 0.6 is 0 Å². The van der Waals surface area contributed by atoms with Crippen molar-refractivity contribution in [3.05, 3.63) is 12.4 Å². The van der Waals surface area contributed by atoms with E-state index in [1.807, 2.05) is 0 Å². The molecular formula is C8H14F2N4O2S. The molecule has 0 aliphatic rings. The van der Waals surface area contributed by atoms with E-state index in [9.17, 15) is 17.2 Å². The molecule has 0 aliphatic carbocycles. The third kappa shape index (κ3) is 4.36. The second-order valence-electron chi connectivity index (χ2n) is 3.32. The molecule has 1 heterocycles. The molecule has 0 unspecified atom stereocenters. The van der Waals surface area contributed by atoms with E-state index in [1.165, 1.54) is 10.9 Å². The Morgan fingerprint density at radius 3 is 2.82 bits per heavy atom. The Hall–Kier alpha value is -1.06. The second-order valence-corrected chi connectivity index (χ2v) is 5.09. The monoisotopic (exact) mass is 268 g/mol. The number of nitrogens with one attached hydrogen (secondary N) is 1. The van der Waals surface area contributed by atoms with Gasteiger partial charge in [0.2, 0.25) is 10.0 Å². The highest BCUT2D eigenvalue weighted by atomic mass is 32.2. The molecule has 0 saturated carbocycles. The zero-order valence-corrected chi connectivity index (χ0v) is 9.83. The summed E-state index contributed by atoms with van der Waals surface area (Å²) in [5.41, 5.74) is 5.29. The van der Waals surface area contributed by atoms with Crippen molar-refractivity contribution >= 4 is 10.0 Å². The Bertz CT molecular complexity index is 446. The summed E-state index contributed by atoms with van der Waals surface area (Å²) in [6, 6.07) is 0. The molecule has 6 nitrogen and oxygen atoms in total. The lowest BCUT2D eigenvalue weighted by Crippen LogP contribution is -2.28. The van der Waals surface area contributed by atoms with Gasteiger partial charge in [-0.3, -0.25) is 4.68 Å². The molecular weight excluding hydrogens is 254 g/mol. The lowest BCUT2D eigenvalue weighted by atomic mass is 10.4. The van der Waals surface area contributed by atoms with E-state index in [4.69, 9.17) is 5.73 Å². The van der Waals surface area contributed by atoms with E-state index in [2.05, 4.69) is 5.10 Å². The summed E-state index contributed by atoms with van der Waals surface area (Å²) in [4.78, 5) is -0.129. The fourth-order valence-corrected chi connectivity index (χ4v) is 2.07. The van der Waals surface area contributed by atoms with Crippen molar-refractivity contribution in [3.63, 3.8) is 0 Å². The van der Waals surface area contributed by atoms with Gasteiger partial charge < -0.3 is 5.73 Å². The Kier molecular flexibility index (Phi) is 4.97. The number of aromatic nitrogens is 2. The van der Waals surface area contributed by atoms with Crippen LogP contribution in [0.5, 0.6) is 0 Å². The van der Waals surface area contributed by atoms with E-state index in [1.54, 1.807) is 4.72 Å². The molecule has 0 fully saturated rings. The SMILES string of the molecule is NCCCn1cc(S(=O)(=O)NCC(F)F)cn1. The number of hydrogen-bond acceptors (Lipinski definition) is 4. The van der Waals surface area contributed by atoms with Crippen LogP contribution in [-0.2, 0) is 16.6 Å². The molecule has 0 amide bonds. The van der Waals surface area contributed by atoms with Gasteiger partial charge in [0.25, 0.3) is 6.43 Å². The van der Waals surface area contributed by atoms with Crippen LogP contribution in [-0.4, -0.2) is 37.7 Å². The molecule has 0 atom stereocenters. The van der Waals surface area contributed by atoms with Crippen molar-refractivity contribution in [2.75, 3.05) is 13.1 Å². The number of aryl methyl sites for hydroxylation is 1. The summed E-state index contributed by atoms with van der Waals surface area (Å²) >= 11 is 0. The van der Waals surface area contributed by atoms with E-state index in [0.717, 1.165) is 6.20 Å². The van der Waals surface area contributed by atoms with Crippen molar-refractivity contribution in [2.45, 2.75) is 24.3 Å². The first-order valence-electron chi connectivity index (χ1n) is 4.96. The smallest absolute Gasteiger partial charge is 0.251 e. The largest absolute Gasteiger partial charge is 0.330 e. The van der Waals surface area contributed by atoms with Crippen molar-refractivity contribution in [3.8, 4) is 0 Å². The molecule has 3 N–H and O–H groups in total. The number of nitrogens with two attached hydrogens (primary N) is 1. The summed E-state index contributed by atoms with van der Waals surface area (Å²) in [5, 5.41) is 3.80. The summed E-state index contributed by atoms with van der Waals surface area (Å²) in [7, 11) is -3.90. The zero-order valence-electron chi connectivity index (χ0n) is 9.01. The minimum absolute atomic E-state index is 0.129. The maximum Gasteiger partial charge on any atom is 0.251 e. The van der Waals surface area contributed by atoms with E-state index < -0.39 is 23.0 Å². The zero-order chi connectivity index (χ0) is 12.9. The maximum atomic E-state index is 11.9. The Morgan fingerprint density at radius 2 is 2.24 bits per heavy atom. The normalized spacial score (nSPS) is 12.2. The van der Waals surface area contributed by atoms with E-state index in [0.29, 0.717) is 19.5 Å². The summed E-state index contributed by atoms with van der Waals surface area (Å²) < 4.78 is 50.0. The van der Waals surface area contributed by atoms with Crippen molar-refractivity contribution in [1.82, 2.24) is 14.5 Å². The minimum Gasteiger partial charge on any atom is -0.330 e. The van der Waals surface area contributed by atoms with Crippen molar-refractivity contribution in [1.29, 1.82) is 0 Å². The van der Waals surface area contributed by atoms with Gasteiger partial charge in [0.1, 0.15) is 4.90 Å². The third-order valence-corrected chi connectivity index (χ3v) is 3.32. The van der Waals surface area contributed by atoms with Crippen LogP contribution in [0.4, 0.5) is 8.78 Å². The van der Waals surface area contributed by atoms with Gasteiger partial charge in [0.15, 0.2) is 0 Å². The topological polar surface area (TPSA) is 90.0 Å². The molecule has 0 saturated heterocycles. The number of sulfonamides is 1. The standard InChI is InChI=1S/C8H14F2N4O2S/c9-8(10)5-13-17(15,16)7-4-12-14(6-7)3-1-2-11/h4,6,8,13H,1-3,5,11H2. The molecule has 17 heavy (non-hydrogen) atoms. The van der Waals surface area contributed by atoms with Crippen LogP contribution in [0, 0.1) is 0 Å². The molecule has 1 aromatic rings. The lowest BCUT2D eigenvalue weighted by molar-refractivity contribution is 0.153. The summed E-state index contributed by atoms with van der Waals surface area (Å²) in [5.74, 6) is 0. The van der Waals surface area contributed by atoms with Gasteiger partial charge in [0, 0.05) is 12.7 Å². The Morgan fingerprint density at radius 1 is 1.53 bits per heavy atom. The Labute approximate surface area is 97.8 Å². The highest BCUT2D eigenvalue weighted by Gasteiger charge is 2.17. The van der Waals surface area contributed by atoms with Gasteiger partial charge in [-0.15, -0.1) is 0 Å². The molecule has 1 aromatic heterocycles. The number of alkyl halides is 2. The van der Waals surface area contributed by atoms with Gasteiger partial charge in [-0.2, -0.15) is 5.10 Å². The molecule has 0 aromatic carbocycles. The fraction of sp³-hybridized carbons (Fsp3) is 0.625. The molecule has 98 valence electrons.